The summed E-state index contributed by atoms with van der Waals surface area (Å²) in [6.45, 7) is 7.43. The lowest BCUT2D eigenvalue weighted by Gasteiger charge is -2.32. The van der Waals surface area contributed by atoms with Crippen LogP contribution in [0.5, 0.6) is 0 Å². The fraction of sp³-hybridized carbons (Fsp3) is 0.425. The van der Waals surface area contributed by atoms with Gasteiger partial charge in [-0.25, -0.2) is 44.4 Å². The number of aromatic nitrogens is 16. The van der Waals surface area contributed by atoms with E-state index in [4.69, 9.17) is 40.1 Å². The molecule has 2 fully saturated rings. The number of halogens is 5. The highest BCUT2D eigenvalue weighted by Crippen LogP contribution is 2.42. The van der Waals surface area contributed by atoms with Crippen LogP contribution < -0.4 is 27.5 Å². The van der Waals surface area contributed by atoms with E-state index < -0.39 is 12.2 Å². The van der Waals surface area contributed by atoms with Gasteiger partial charge >= 0.3 is 5.65 Å². The number of carbonyl (C=O) groups is 2. The largest absolute Gasteiger partial charge is 0.384 e. The number of amides is 2. The molecule has 115 heavy (non-hydrogen) atoms. The van der Waals surface area contributed by atoms with E-state index in [2.05, 4.69) is 209 Å². The summed E-state index contributed by atoms with van der Waals surface area (Å²) in [4.78, 5) is 86.1. The summed E-state index contributed by atoms with van der Waals surface area (Å²) in [5.41, 5.74) is 41.1. The first-order valence-electron chi connectivity index (χ1n) is 39.1. The molecule has 0 spiro atoms. The standard InChI is InChI=1S/2C25H31BrN6O2S.C15H14BrN5S.C10H10BrI.C5H5N5S/c2*1-15(33)24(34)31-9-6-16(7-10-31)8-11-32-23-21(22(27)28-14-29-23)30-25(32)35-20-13-18-5-3-2-4-17(18)12-19(20)26;16-10-5-8-3-1-2-4-9(8)6-11(10)22-15-20-12-13(17)18-7-19-14(12)21-15;11-9-5-7-3-1-2-4-8(7)6-10(9)12;6-3-2-4(8-1-7-3)10-5(11)9-2/h2*12-16,33H,2-11H2,1H3,(H2,27,28,29);5-7H,1-4H2,(H3,17,18,19,20,21);5-6H,1-4H2;1H,(H4,6,7,8,9,10,11)/p+1/t2*15-;;;/m00.../s1. The van der Waals surface area contributed by atoms with Crippen molar-refractivity contribution in [1.29, 1.82) is 0 Å². The van der Waals surface area contributed by atoms with Crippen LogP contribution in [0.3, 0.4) is 0 Å². The average molecular weight is 2000 g/mol. The van der Waals surface area contributed by atoms with Crippen LogP contribution in [0.1, 0.15) is 148 Å². The molecule has 604 valence electrons. The van der Waals surface area contributed by atoms with Gasteiger partial charge in [-0.2, -0.15) is 4.98 Å². The molecule has 35 heteroatoms. The number of imidazole rings is 4. The molecule has 0 saturated carbocycles. The lowest BCUT2D eigenvalue weighted by Crippen LogP contribution is -2.44. The number of rotatable bonds is 14. The topological polar surface area (TPSA) is 386 Å². The number of hydrogen-bond acceptors (Lipinski definition) is 22. The van der Waals surface area contributed by atoms with Crippen molar-refractivity contribution in [3.05, 3.63) is 145 Å². The third kappa shape index (κ3) is 20.7. The summed E-state index contributed by atoms with van der Waals surface area (Å²) < 4.78 is 10.8. The van der Waals surface area contributed by atoms with Gasteiger partial charge in [-0.15, -0.1) is 0 Å². The predicted molar refractivity (Wildman–Crippen MR) is 477 cm³/mol. The van der Waals surface area contributed by atoms with Crippen LogP contribution in [0.15, 0.2) is 122 Å². The lowest BCUT2D eigenvalue weighted by molar-refractivity contribution is -0.711. The number of aryl methyl sites for hydroxylation is 10. The molecule has 8 aromatic heterocycles. The number of aliphatic hydroxyl groups is 2. The maximum absolute atomic E-state index is 12.1. The van der Waals surface area contributed by atoms with E-state index in [-0.39, 0.29) is 11.8 Å². The number of H-pyrrole nitrogens is 4. The minimum Gasteiger partial charge on any atom is -0.384 e. The Labute approximate surface area is 731 Å². The second-order valence-electron chi connectivity index (χ2n) is 29.9. The van der Waals surface area contributed by atoms with E-state index in [0.717, 1.165) is 139 Å². The van der Waals surface area contributed by atoms with Crippen LogP contribution in [0.25, 0.3) is 44.7 Å². The molecule has 18 rings (SSSR count). The number of hydrogen-bond donors (Lipinski definition) is 10. The highest BCUT2D eigenvalue weighted by atomic mass is 127. The Bertz CT molecular complexity index is 5370. The van der Waals surface area contributed by atoms with Gasteiger partial charge in [-0.05, 0) is 370 Å². The molecule has 0 unspecified atom stereocenters. The Kier molecular flexibility index (Phi) is 28.6. The van der Waals surface area contributed by atoms with Crippen LogP contribution >= 0.6 is 134 Å². The third-order valence-corrected chi connectivity index (χ3v) is 30.4. The SMILES string of the molecule is Brc1cc2c(cc1I)CCCC2.C[C@H](O)C(=O)N1CCC(CC[n+]2c(Sc3cc4c(cc3Br)CCCC4)[nH]c3c(N)ncnc32)CC1.C[C@H](O)C(=O)N1CCC(CCn2c(Sc3cc4c(cc3Br)CCCC4)nc3c(N)ncnc32)CC1.Nc1ncnc2[nH]c(=S)[nH]c12.Nc1ncnc2nc(Sc3cc4c(cc3Br)CCCC4)[nH]c12. The van der Waals surface area contributed by atoms with Crippen molar-refractivity contribution < 1.29 is 24.4 Å². The van der Waals surface area contributed by atoms with Gasteiger partial charge in [-0.1, -0.05) is 28.5 Å². The second-order valence-corrected chi connectivity index (χ2v) is 37.9. The number of fused-ring (bicyclic) bond motifs is 8. The highest BCUT2D eigenvalue weighted by Gasteiger charge is 2.31. The van der Waals surface area contributed by atoms with E-state index in [1.807, 2.05) is 0 Å². The number of likely N-dealkylation sites (tertiary alicyclic amines) is 2. The number of benzene rings is 4. The number of nitrogen functional groups attached to an aromatic ring is 4. The van der Waals surface area contributed by atoms with Gasteiger partial charge in [-0.3, -0.25) is 14.6 Å². The summed E-state index contributed by atoms with van der Waals surface area (Å²) in [6.07, 6.45) is 29.4. The molecule has 4 aromatic carbocycles. The monoisotopic (exact) mass is 2000 g/mol. The molecule has 26 nitrogen and oxygen atoms in total. The first kappa shape index (κ1) is 84.5. The van der Waals surface area contributed by atoms with E-state index >= 15 is 0 Å². The van der Waals surface area contributed by atoms with Crippen molar-refractivity contribution in [2.45, 2.75) is 211 Å². The summed E-state index contributed by atoms with van der Waals surface area (Å²) in [5.74, 6) is 2.34. The quantitative estimate of drug-likeness (QED) is 0.0275. The van der Waals surface area contributed by atoms with E-state index in [1.54, 1.807) is 56.2 Å². The highest BCUT2D eigenvalue weighted by molar-refractivity contribution is 14.1. The predicted octanol–water partition coefficient (Wildman–Crippen LogP) is 16.1. The number of nitrogens with one attached hydrogen (secondary N) is 4. The van der Waals surface area contributed by atoms with Gasteiger partial charge in [0.2, 0.25) is 5.52 Å². The smallest absolute Gasteiger partial charge is 0.308 e. The molecule has 2 saturated heterocycles. The van der Waals surface area contributed by atoms with Gasteiger partial charge in [0.05, 0.1) is 6.54 Å². The second kappa shape index (κ2) is 38.9. The van der Waals surface area contributed by atoms with Crippen LogP contribution in [0.4, 0.5) is 23.3 Å². The Morgan fingerprint density at radius 2 is 0.965 bits per heavy atom. The average Bonchev–Trinajstić information content (AvgIpc) is 1.64. The molecule has 2 aliphatic heterocycles. The van der Waals surface area contributed by atoms with Gasteiger partial charge in [0.15, 0.2) is 67.1 Å². The lowest BCUT2D eigenvalue weighted by atomic mass is 9.92. The summed E-state index contributed by atoms with van der Waals surface area (Å²) >= 11 is 27.0. The Hall–Kier alpha value is -6.94. The van der Waals surface area contributed by atoms with E-state index in [1.165, 1.54) is 156 Å². The number of anilines is 4. The van der Waals surface area contributed by atoms with E-state index in [9.17, 15) is 19.8 Å². The number of aliphatic hydroxyl groups excluding tert-OH is 2. The molecule has 10 heterocycles. The van der Waals surface area contributed by atoms with Gasteiger partial charge < -0.3 is 62.5 Å². The normalized spacial score (nSPS) is 16.0. The molecule has 0 bridgehead atoms. The molecule has 6 aliphatic rings. The first-order valence-corrected chi connectivity index (χ1v) is 46.2. The van der Waals surface area contributed by atoms with Crippen molar-refractivity contribution >= 4 is 214 Å². The van der Waals surface area contributed by atoms with Crippen molar-refractivity contribution in [3.8, 4) is 0 Å². The van der Waals surface area contributed by atoms with Crippen molar-refractivity contribution in [2.24, 2.45) is 11.8 Å². The van der Waals surface area contributed by atoms with Gasteiger partial charge in [0, 0.05) is 68.9 Å². The fourth-order valence-corrected chi connectivity index (χ4v) is 21.6. The maximum atomic E-state index is 12.1. The zero-order chi connectivity index (χ0) is 80.6. The molecular formula is C80H92Br4IN22O4S4+. The Balaban J connectivity index is 0.000000127. The Morgan fingerprint density at radius 1 is 0.522 bits per heavy atom. The van der Waals surface area contributed by atoms with Crippen LogP contribution in [0.2, 0.25) is 0 Å². The molecule has 2 atom stereocenters. The van der Waals surface area contributed by atoms with E-state index in [0.29, 0.717) is 93.9 Å². The summed E-state index contributed by atoms with van der Waals surface area (Å²) in [5, 5.41) is 21.8. The zero-order valence-corrected chi connectivity index (χ0v) is 75.6. The van der Waals surface area contributed by atoms with Gasteiger partial charge in [0.1, 0.15) is 42.2 Å². The minimum absolute atomic E-state index is 0.170. The number of aromatic amines is 4. The number of nitrogens with zero attached hydrogens (tertiary/aromatic N) is 14. The summed E-state index contributed by atoms with van der Waals surface area (Å²) in [7, 11) is 0. The molecule has 2 amide bonds. The van der Waals surface area contributed by atoms with Crippen LogP contribution in [-0.4, -0.2) is 145 Å². The van der Waals surface area contributed by atoms with Gasteiger partial charge in [0.25, 0.3) is 17.0 Å². The van der Waals surface area contributed by atoms with Crippen LogP contribution in [0, 0.1) is 20.2 Å². The zero-order valence-electron chi connectivity index (χ0n) is 63.8. The molecular weight excluding hydrogens is 1910 g/mol. The summed E-state index contributed by atoms with van der Waals surface area (Å²) in [6, 6.07) is 18.3. The molecule has 14 N–H and O–H groups in total. The minimum atomic E-state index is -0.934. The Morgan fingerprint density at radius 3 is 1.49 bits per heavy atom. The third-order valence-electron chi connectivity index (χ3n) is 22.0. The number of carbonyl (C=O) groups excluding carboxylic acids is 2. The van der Waals surface area contributed by atoms with Crippen molar-refractivity contribution in [3.63, 3.8) is 0 Å². The first-order chi connectivity index (χ1) is 55.5. The van der Waals surface area contributed by atoms with Crippen LogP contribution in [-0.2, 0) is 74.0 Å². The molecule has 12 aromatic rings. The maximum Gasteiger partial charge on any atom is 0.308 e. The van der Waals surface area contributed by atoms with Crippen molar-refractivity contribution in [1.82, 2.24) is 84.1 Å². The number of piperidine rings is 2. The van der Waals surface area contributed by atoms with Crippen molar-refractivity contribution in [2.75, 3.05) is 49.1 Å². The molecule has 4 aliphatic carbocycles. The fourth-order valence-electron chi connectivity index (χ4n) is 15.7. The number of nitrogens with two attached hydrogens (primary N) is 4. The molecule has 0 radical (unpaired) electrons.